The van der Waals surface area contributed by atoms with Crippen LogP contribution in [0.2, 0.25) is 5.02 Å². The van der Waals surface area contributed by atoms with Gasteiger partial charge < -0.3 is 9.47 Å². The van der Waals surface area contributed by atoms with Gasteiger partial charge in [0, 0.05) is 5.02 Å². The van der Waals surface area contributed by atoms with Crippen molar-refractivity contribution >= 4 is 33.5 Å². The van der Waals surface area contributed by atoms with Gasteiger partial charge in [0.05, 0.1) is 11.1 Å². The van der Waals surface area contributed by atoms with E-state index in [0.29, 0.717) is 21.9 Å². The second-order valence-electron chi connectivity index (χ2n) is 2.67. The van der Waals surface area contributed by atoms with Crippen molar-refractivity contribution < 1.29 is 14.3 Å². The highest BCUT2D eigenvalue weighted by atomic mass is 79.9. The summed E-state index contributed by atoms with van der Waals surface area (Å²) < 4.78 is 10.7. The molecule has 0 saturated carbocycles. The number of ether oxygens (including phenoxy) is 2. The third kappa shape index (κ3) is 4.10. The predicted octanol–water partition coefficient (Wildman–Crippen LogP) is 3.04. The molecular formula is C10H10BrClO3. The molecule has 0 N–H and O–H groups in total. The van der Waals surface area contributed by atoms with Crippen LogP contribution in [0.5, 0.6) is 5.75 Å². The van der Waals surface area contributed by atoms with Crippen molar-refractivity contribution in [3.05, 3.63) is 27.7 Å². The lowest BCUT2D eigenvalue weighted by molar-refractivity contribution is -0.145. The molecular weight excluding hydrogens is 283 g/mol. The number of benzene rings is 1. The van der Waals surface area contributed by atoms with Crippen LogP contribution in [0.25, 0.3) is 0 Å². The molecule has 0 aromatic heterocycles. The molecule has 0 aliphatic rings. The molecule has 0 unspecified atom stereocenters. The van der Waals surface area contributed by atoms with Gasteiger partial charge in [0.2, 0.25) is 0 Å². The Hall–Kier alpha value is -0.740. The minimum atomic E-state index is -0.389. The van der Waals surface area contributed by atoms with Crippen LogP contribution >= 0.6 is 27.5 Å². The van der Waals surface area contributed by atoms with Crippen molar-refractivity contribution in [2.45, 2.75) is 6.92 Å². The largest absolute Gasteiger partial charge is 0.481 e. The average molecular weight is 294 g/mol. The second-order valence-corrected chi connectivity index (χ2v) is 3.96. The average Bonchev–Trinajstić information content (AvgIpc) is 2.17. The van der Waals surface area contributed by atoms with E-state index in [1.165, 1.54) is 0 Å². The number of carbonyl (C=O) groups excluding carboxylic acids is 1. The van der Waals surface area contributed by atoms with Crippen molar-refractivity contribution in [3.8, 4) is 5.75 Å². The molecule has 1 rings (SSSR count). The molecule has 0 amide bonds. The van der Waals surface area contributed by atoms with Crippen LogP contribution < -0.4 is 4.74 Å². The standard InChI is InChI=1S/C10H10BrClO3/c1-2-14-10(13)6-15-9-4-3-7(12)5-8(9)11/h3-5H,2,6H2,1H3. The molecule has 0 heterocycles. The van der Waals surface area contributed by atoms with Crippen molar-refractivity contribution in [3.63, 3.8) is 0 Å². The van der Waals surface area contributed by atoms with E-state index in [2.05, 4.69) is 15.9 Å². The SMILES string of the molecule is CCOC(=O)COc1ccc(Cl)cc1Br. The molecule has 0 aliphatic heterocycles. The number of carbonyl (C=O) groups is 1. The summed E-state index contributed by atoms with van der Waals surface area (Å²) in [4.78, 5) is 11.0. The Morgan fingerprint density at radius 1 is 1.53 bits per heavy atom. The minimum absolute atomic E-state index is 0.103. The van der Waals surface area contributed by atoms with E-state index in [0.717, 1.165) is 0 Å². The summed E-state index contributed by atoms with van der Waals surface area (Å²) in [5, 5.41) is 0.602. The van der Waals surface area contributed by atoms with Gasteiger partial charge >= 0.3 is 5.97 Å². The fourth-order valence-corrected chi connectivity index (χ4v) is 1.73. The predicted molar refractivity (Wildman–Crippen MR) is 61.3 cm³/mol. The molecule has 0 bridgehead atoms. The fourth-order valence-electron chi connectivity index (χ4n) is 0.932. The number of esters is 1. The third-order valence-corrected chi connectivity index (χ3v) is 2.40. The van der Waals surface area contributed by atoms with Crippen molar-refractivity contribution in [1.29, 1.82) is 0 Å². The second kappa shape index (κ2) is 5.98. The topological polar surface area (TPSA) is 35.5 Å². The Morgan fingerprint density at radius 3 is 2.87 bits per heavy atom. The molecule has 1 aromatic rings. The summed E-state index contributed by atoms with van der Waals surface area (Å²) in [6.07, 6.45) is 0. The van der Waals surface area contributed by atoms with Gasteiger partial charge in [-0.15, -0.1) is 0 Å². The first-order chi connectivity index (χ1) is 7.13. The van der Waals surface area contributed by atoms with Crippen molar-refractivity contribution in [1.82, 2.24) is 0 Å². The molecule has 0 radical (unpaired) electrons. The highest BCUT2D eigenvalue weighted by Crippen LogP contribution is 2.27. The Labute approximate surface area is 101 Å². The molecule has 0 spiro atoms. The van der Waals surface area contributed by atoms with Gasteiger partial charge in [-0.1, -0.05) is 11.6 Å². The van der Waals surface area contributed by atoms with Crippen molar-refractivity contribution in [2.24, 2.45) is 0 Å². The lowest BCUT2D eigenvalue weighted by Gasteiger charge is -2.07. The molecule has 3 nitrogen and oxygen atoms in total. The van der Waals surface area contributed by atoms with Gasteiger partial charge in [-0.25, -0.2) is 4.79 Å². The smallest absolute Gasteiger partial charge is 0.344 e. The molecule has 5 heteroatoms. The molecule has 0 saturated heterocycles. The number of hydrogen-bond donors (Lipinski definition) is 0. The summed E-state index contributed by atoms with van der Waals surface area (Å²) in [6, 6.07) is 5.07. The zero-order valence-corrected chi connectivity index (χ0v) is 10.5. The third-order valence-electron chi connectivity index (χ3n) is 1.54. The zero-order valence-electron chi connectivity index (χ0n) is 8.13. The fraction of sp³-hybridized carbons (Fsp3) is 0.300. The van der Waals surface area contributed by atoms with E-state index in [9.17, 15) is 4.79 Å². The highest BCUT2D eigenvalue weighted by Gasteiger charge is 2.06. The van der Waals surface area contributed by atoms with Gasteiger partial charge in [0.1, 0.15) is 5.75 Å². The number of rotatable bonds is 4. The normalized spacial score (nSPS) is 9.80. The van der Waals surface area contributed by atoms with Gasteiger partial charge in [-0.3, -0.25) is 0 Å². The van der Waals surface area contributed by atoms with E-state index in [4.69, 9.17) is 21.1 Å². The van der Waals surface area contributed by atoms with Gasteiger partial charge in [-0.2, -0.15) is 0 Å². The first kappa shape index (κ1) is 12.3. The van der Waals surface area contributed by atoms with Crippen LogP contribution in [0.15, 0.2) is 22.7 Å². The maximum atomic E-state index is 11.0. The number of hydrogen-bond acceptors (Lipinski definition) is 3. The van der Waals surface area contributed by atoms with Crippen LogP contribution in [0.4, 0.5) is 0 Å². The molecule has 0 fully saturated rings. The Balaban J connectivity index is 2.54. The monoisotopic (exact) mass is 292 g/mol. The summed E-state index contributed by atoms with van der Waals surface area (Å²) in [6.45, 7) is 1.99. The molecule has 0 atom stereocenters. The Kier molecular flexibility index (Phi) is 4.91. The maximum absolute atomic E-state index is 11.0. The summed E-state index contributed by atoms with van der Waals surface area (Å²) in [5.41, 5.74) is 0. The van der Waals surface area contributed by atoms with Crippen LogP contribution in [0.1, 0.15) is 6.92 Å². The van der Waals surface area contributed by atoms with E-state index in [-0.39, 0.29) is 12.6 Å². The Morgan fingerprint density at radius 2 is 2.27 bits per heavy atom. The molecule has 82 valence electrons. The first-order valence-electron chi connectivity index (χ1n) is 4.37. The molecule has 0 aliphatic carbocycles. The van der Waals surface area contributed by atoms with Crippen LogP contribution in [0.3, 0.4) is 0 Å². The number of halogens is 2. The van der Waals surface area contributed by atoms with Crippen LogP contribution in [0, 0.1) is 0 Å². The summed E-state index contributed by atoms with van der Waals surface area (Å²) >= 11 is 9.03. The van der Waals surface area contributed by atoms with Gasteiger partial charge in [0.15, 0.2) is 6.61 Å². The van der Waals surface area contributed by atoms with E-state index in [1.807, 2.05) is 0 Å². The summed E-state index contributed by atoms with van der Waals surface area (Å²) in [5.74, 6) is 0.173. The molecule has 1 aromatic carbocycles. The van der Waals surface area contributed by atoms with E-state index < -0.39 is 0 Å². The lowest BCUT2D eigenvalue weighted by Crippen LogP contribution is -2.14. The maximum Gasteiger partial charge on any atom is 0.344 e. The lowest BCUT2D eigenvalue weighted by atomic mass is 10.3. The Bertz CT molecular complexity index is 355. The van der Waals surface area contributed by atoms with E-state index in [1.54, 1.807) is 25.1 Å². The first-order valence-corrected chi connectivity index (χ1v) is 5.54. The van der Waals surface area contributed by atoms with Crippen molar-refractivity contribution in [2.75, 3.05) is 13.2 Å². The van der Waals surface area contributed by atoms with E-state index >= 15 is 0 Å². The molecule has 15 heavy (non-hydrogen) atoms. The van der Waals surface area contributed by atoms with Gasteiger partial charge in [-0.05, 0) is 41.1 Å². The van der Waals surface area contributed by atoms with Crippen LogP contribution in [-0.2, 0) is 9.53 Å². The zero-order chi connectivity index (χ0) is 11.3. The minimum Gasteiger partial charge on any atom is -0.481 e. The summed E-state index contributed by atoms with van der Waals surface area (Å²) in [7, 11) is 0. The highest BCUT2D eigenvalue weighted by molar-refractivity contribution is 9.10. The van der Waals surface area contributed by atoms with Crippen LogP contribution in [-0.4, -0.2) is 19.2 Å². The quantitative estimate of drug-likeness (QED) is 0.801. The van der Waals surface area contributed by atoms with Gasteiger partial charge in [0.25, 0.3) is 0 Å².